The normalized spacial score (nSPS) is 15.9. The third-order valence-electron chi connectivity index (χ3n) is 11.4. The summed E-state index contributed by atoms with van der Waals surface area (Å²) in [6.45, 7) is 17.0. The van der Waals surface area contributed by atoms with Gasteiger partial charge in [-0.05, 0) is 25.7 Å². The molecule has 0 aromatic rings. The zero-order valence-electron chi connectivity index (χ0n) is 38.8. The highest BCUT2D eigenvalue weighted by Gasteiger charge is 2.52. The lowest BCUT2D eigenvalue weighted by atomic mass is 9.93. The molecule has 0 aromatic carbocycles. The van der Waals surface area contributed by atoms with E-state index in [1.54, 1.807) is 0 Å². The Labute approximate surface area is 372 Å². The Morgan fingerprint density at radius 1 is 0.456 bits per heavy atom. The highest BCUT2D eigenvalue weighted by Crippen LogP contribution is 2.56. The predicted octanol–water partition coefficient (Wildman–Crippen LogP) is 15.0. The van der Waals surface area contributed by atoms with Crippen molar-refractivity contribution < 1.29 is 24.9 Å². The second-order valence-corrected chi connectivity index (χ2v) is 24.5. The van der Waals surface area contributed by atoms with E-state index in [2.05, 4.69) is 55.4 Å². The summed E-state index contributed by atoms with van der Waals surface area (Å²) in [6.07, 6.45) is 34.8. The number of carbonyl (C=O) groups is 1. The van der Waals surface area contributed by atoms with Gasteiger partial charge in [0.2, 0.25) is 0 Å². The summed E-state index contributed by atoms with van der Waals surface area (Å²) in [5, 5.41) is 32.1. The van der Waals surface area contributed by atoms with Gasteiger partial charge in [0.25, 0.3) is 0 Å². The Kier molecular flexibility index (Phi) is 38.9. The van der Waals surface area contributed by atoms with Gasteiger partial charge in [0.1, 0.15) is 6.61 Å². The Morgan fingerprint density at radius 3 is 1.04 bits per heavy atom. The summed E-state index contributed by atoms with van der Waals surface area (Å²) >= 11 is 7.71. The molecule has 0 radical (unpaired) electrons. The van der Waals surface area contributed by atoms with E-state index in [0.717, 1.165) is 38.5 Å². The number of carbonyl (C=O) groups excluding carboxylic acids is 1. The van der Waals surface area contributed by atoms with E-state index in [1.807, 2.05) is 47.0 Å². The Morgan fingerprint density at radius 2 is 0.737 bits per heavy atom. The summed E-state index contributed by atoms with van der Waals surface area (Å²) in [4.78, 5) is 15.2. The number of esters is 1. The fourth-order valence-electron chi connectivity index (χ4n) is 7.27. The second-order valence-electron chi connectivity index (χ2n) is 17.5. The summed E-state index contributed by atoms with van der Waals surface area (Å²) in [6, 6.07) is 0. The van der Waals surface area contributed by atoms with Crippen LogP contribution in [0.1, 0.15) is 235 Å². The number of unbranched alkanes of at least 4 members (excludes halogenated alkanes) is 20. The first-order valence-electron chi connectivity index (χ1n) is 24.2. The topological polar surface area (TPSA) is 87.0 Å². The molecule has 0 saturated carbocycles. The Balaban J connectivity index is 6.83. The zero-order chi connectivity index (χ0) is 42.6. The molecule has 0 spiro atoms. The quantitative estimate of drug-likeness (QED) is 0.0315. The second kappa shape index (κ2) is 38.4. The van der Waals surface area contributed by atoms with Crippen LogP contribution in [0.2, 0.25) is 0 Å². The summed E-state index contributed by atoms with van der Waals surface area (Å²) in [7, 11) is 0. The number of hydrogen-bond donors (Lipinski definition) is 3. The van der Waals surface area contributed by atoms with E-state index < -0.39 is 29.3 Å². The number of hydrogen-bond acceptors (Lipinski definition) is 9. The van der Waals surface area contributed by atoms with E-state index in [9.17, 15) is 15.3 Å². The van der Waals surface area contributed by atoms with Crippen molar-refractivity contribution in [3.05, 3.63) is 0 Å². The number of aliphatic hydroxyl groups excluding tert-OH is 3. The van der Waals surface area contributed by atoms with Gasteiger partial charge in [-0.1, -0.05) is 209 Å². The molecule has 57 heavy (non-hydrogen) atoms. The zero-order valence-corrected chi connectivity index (χ0v) is 42.1. The van der Waals surface area contributed by atoms with Gasteiger partial charge >= 0.3 is 5.97 Å². The fourth-order valence-corrected chi connectivity index (χ4v) is 15.5. The molecule has 0 heterocycles. The fraction of sp³-hybridized carbons (Fsp3) is 0.979. The molecule has 0 rings (SSSR count). The number of aliphatic hydroxyl groups is 3. The van der Waals surface area contributed by atoms with Gasteiger partial charge in [-0.3, -0.25) is 0 Å². The maximum absolute atomic E-state index is 15.2. The molecule has 4 unspecified atom stereocenters. The van der Waals surface area contributed by atoms with Crippen LogP contribution < -0.4 is 0 Å². The van der Waals surface area contributed by atoms with Gasteiger partial charge < -0.3 is 20.1 Å². The van der Waals surface area contributed by atoms with Crippen LogP contribution in [0.4, 0.5) is 0 Å². The van der Waals surface area contributed by atoms with E-state index in [4.69, 9.17) is 4.74 Å². The minimum absolute atomic E-state index is 0.0315. The van der Waals surface area contributed by atoms with Crippen LogP contribution in [0.5, 0.6) is 0 Å². The Hall–Kier alpha value is 0.750. The van der Waals surface area contributed by atoms with Gasteiger partial charge in [-0.2, -0.15) is 0 Å². The monoisotopic (exact) mass is 881 g/mol. The molecule has 342 valence electrons. The summed E-state index contributed by atoms with van der Waals surface area (Å²) in [5.41, 5.74) is -1.27. The van der Waals surface area contributed by atoms with Gasteiger partial charge in [0.05, 0.1) is 29.8 Å². The summed E-state index contributed by atoms with van der Waals surface area (Å²) < 4.78 is 5.41. The molecular formula is C48H96O5S4. The predicted molar refractivity (Wildman–Crippen MR) is 261 cm³/mol. The smallest absolute Gasteiger partial charge is 0.334 e. The Bertz CT molecular complexity index is 835. The van der Waals surface area contributed by atoms with Crippen LogP contribution in [0.25, 0.3) is 0 Å². The molecule has 3 N–H and O–H groups in total. The molecule has 9 heteroatoms. The average molecular weight is 882 g/mol. The maximum Gasteiger partial charge on any atom is 0.334 e. The van der Waals surface area contributed by atoms with Gasteiger partial charge in [0, 0.05) is 21.0 Å². The van der Waals surface area contributed by atoms with Crippen molar-refractivity contribution in [3.63, 3.8) is 0 Å². The highest BCUT2D eigenvalue weighted by atomic mass is 32.2. The van der Waals surface area contributed by atoms with Crippen LogP contribution in [0.3, 0.4) is 0 Å². The third kappa shape index (κ3) is 28.1. The molecule has 4 atom stereocenters. The minimum Gasteiger partial charge on any atom is -0.463 e. The largest absolute Gasteiger partial charge is 0.463 e. The first-order chi connectivity index (χ1) is 27.5. The lowest BCUT2D eigenvalue weighted by Crippen LogP contribution is -2.48. The first-order valence-corrected chi connectivity index (χ1v) is 27.8. The standard InChI is InChI=1S/C48H96O5S4/c1-9-13-17-21-25-29-33-41(5)54-46(55-42(6)34-30-26-22-18-14-10-2)48(45(52)53-40-47(37-49,38-50)39-51,56-43(7)35-31-27-23-19-15-11-3)57-44(8)36-32-28-24-20-16-12-4/h41-44,46,49-51H,9-40H2,1-8H3. The minimum atomic E-state index is -1.27. The number of rotatable bonds is 43. The van der Waals surface area contributed by atoms with Crippen molar-refractivity contribution in [2.24, 2.45) is 5.41 Å². The molecular weight excluding hydrogens is 785 g/mol. The van der Waals surface area contributed by atoms with E-state index >= 15 is 4.79 Å². The lowest BCUT2D eigenvalue weighted by molar-refractivity contribution is -0.151. The van der Waals surface area contributed by atoms with Crippen LogP contribution in [-0.2, 0) is 9.53 Å². The SMILES string of the molecule is CCCCCCCCC(C)SC(SC(C)CCCCCCCC)C(SC(C)CCCCCCCC)(SC(C)CCCCCCCC)C(=O)OCC(CO)(CO)CO. The van der Waals surface area contributed by atoms with Crippen LogP contribution in [0, 0.1) is 5.41 Å². The van der Waals surface area contributed by atoms with E-state index in [0.29, 0.717) is 10.5 Å². The molecule has 0 aliphatic carbocycles. The van der Waals surface area contributed by atoms with Crippen molar-refractivity contribution in [3.8, 4) is 0 Å². The lowest BCUT2D eigenvalue weighted by Gasteiger charge is -2.42. The van der Waals surface area contributed by atoms with E-state index in [-0.39, 0.29) is 27.7 Å². The molecule has 0 aliphatic heterocycles. The molecule has 0 amide bonds. The summed E-state index contributed by atoms with van der Waals surface area (Å²) in [5.74, 6) is -0.245. The van der Waals surface area contributed by atoms with Crippen molar-refractivity contribution >= 4 is 53.0 Å². The number of thioether (sulfide) groups is 4. The van der Waals surface area contributed by atoms with Crippen molar-refractivity contribution in [2.45, 2.75) is 265 Å². The van der Waals surface area contributed by atoms with Crippen LogP contribution in [-0.4, -0.2) is 77.4 Å². The third-order valence-corrected chi connectivity index (χ3v) is 18.7. The van der Waals surface area contributed by atoms with Crippen molar-refractivity contribution in [1.29, 1.82) is 0 Å². The van der Waals surface area contributed by atoms with Crippen molar-refractivity contribution in [1.82, 2.24) is 0 Å². The van der Waals surface area contributed by atoms with Crippen molar-refractivity contribution in [2.75, 3.05) is 26.4 Å². The van der Waals surface area contributed by atoms with Gasteiger partial charge in [0.15, 0.2) is 4.08 Å². The molecule has 0 aliphatic rings. The molecule has 5 nitrogen and oxygen atoms in total. The van der Waals surface area contributed by atoms with Crippen LogP contribution >= 0.6 is 47.0 Å². The number of ether oxygens (including phenoxy) is 1. The highest BCUT2D eigenvalue weighted by molar-refractivity contribution is 8.25. The molecule has 0 aromatic heterocycles. The van der Waals surface area contributed by atoms with Crippen LogP contribution in [0.15, 0.2) is 0 Å². The average Bonchev–Trinajstić information content (AvgIpc) is 3.20. The van der Waals surface area contributed by atoms with E-state index in [1.165, 1.54) is 141 Å². The molecule has 0 fully saturated rings. The van der Waals surface area contributed by atoms with Gasteiger partial charge in [-0.15, -0.1) is 47.0 Å². The van der Waals surface area contributed by atoms with Gasteiger partial charge in [-0.25, -0.2) is 4.79 Å². The first kappa shape index (κ1) is 57.8. The molecule has 0 bridgehead atoms. The molecule has 0 saturated heterocycles. The maximum atomic E-state index is 15.2.